The highest BCUT2D eigenvalue weighted by molar-refractivity contribution is 5.84. The number of nitrogens with one attached hydrogen (secondary N) is 1. The average Bonchev–Trinajstić information content (AvgIpc) is 3.42. The molecule has 35 heavy (non-hydrogen) atoms. The van der Waals surface area contributed by atoms with Crippen LogP contribution in [0.4, 0.5) is 4.79 Å². The van der Waals surface area contributed by atoms with E-state index in [2.05, 4.69) is 29.6 Å². The molecule has 2 aliphatic rings. The third-order valence-corrected chi connectivity index (χ3v) is 6.94. The molecule has 0 unspecified atom stereocenters. The molecule has 1 fully saturated rings. The first kappa shape index (κ1) is 24.7. The molecule has 1 saturated carbocycles. The maximum atomic E-state index is 13.2. The number of aliphatic carboxylic acids is 1. The van der Waals surface area contributed by atoms with E-state index in [-0.39, 0.29) is 31.0 Å². The third kappa shape index (κ3) is 5.65. The molecule has 0 radical (unpaired) electrons. The summed E-state index contributed by atoms with van der Waals surface area (Å²) in [6.45, 7) is 0.752. The maximum Gasteiger partial charge on any atom is 0.407 e. The molecule has 0 spiro atoms. The monoisotopic (exact) mass is 479 g/mol. The summed E-state index contributed by atoms with van der Waals surface area (Å²) >= 11 is 0. The number of ether oxygens (including phenoxy) is 1. The van der Waals surface area contributed by atoms with Crippen molar-refractivity contribution in [3.05, 3.63) is 59.7 Å². The number of benzene rings is 2. The molecule has 0 saturated heterocycles. The van der Waals surface area contributed by atoms with Crippen molar-refractivity contribution in [3.63, 3.8) is 0 Å². The molecule has 0 bridgehead atoms. The Hall–Kier alpha value is -3.39. The van der Waals surface area contributed by atoms with Gasteiger partial charge in [0.1, 0.15) is 13.2 Å². The van der Waals surface area contributed by atoms with Crippen LogP contribution in [0.25, 0.3) is 11.1 Å². The third-order valence-electron chi connectivity index (χ3n) is 6.94. The van der Waals surface area contributed by atoms with Crippen LogP contribution in [-0.4, -0.2) is 79.3 Å². The molecule has 2 aliphatic carbocycles. The average molecular weight is 480 g/mol. The Labute approximate surface area is 205 Å². The van der Waals surface area contributed by atoms with Gasteiger partial charge in [0.05, 0.1) is 5.92 Å². The van der Waals surface area contributed by atoms with Gasteiger partial charge < -0.3 is 25.0 Å². The fourth-order valence-corrected chi connectivity index (χ4v) is 5.21. The fraction of sp³-hybridized carbons (Fsp3) is 0.444. The second kappa shape index (κ2) is 10.9. The van der Waals surface area contributed by atoms with Crippen LogP contribution in [0.5, 0.6) is 0 Å². The molecule has 0 heterocycles. The van der Waals surface area contributed by atoms with E-state index in [1.165, 1.54) is 4.90 Å². The van der Waals surface area contributed by atoms with E-state index in [1.807, 2.05) is 43.3 Å². The Morgan fingerprint density at radius 3 is 2.20 bits per heavy atom. The van der Waals surface area contributed by atoms with Crippen LogP contribution in [0.2, 0.25) is 0 Å². The van der Waals surface area contributed by atoms with Gasteiger partial charge in [0.15, 0.2) is 0 Å². The second-order valence-corrected chi connectivity index (χ2v) is 9.57. The first-order chi connectivity index (χ1) is 16.8. The van der Waals surface area contributed by atoms with Gasteiger partial charge in [-0.3, -0.25) is 9.59 Å². The predicted octanol–water partition coefficient (Wildman–Crippen LogP) is 3.17. The van der Waals surface area contributed by atoms with E-state index in [9.17, 15) is 19.5 Å². The Kier molecular flexibility index (Phi) is 7.70. The van der Waals surface area contributed by atoms with Crippen LogP contribution in [-0.2, 0) is 14.3 Å². The number of alkyl carbamates (subject to hydrolysis) is 1. The summed E-state index contributed by atoms with van der Waals surface area (Å²) in [5, 5.41) is 12.2. The number of fused-ring (bicyclic) bond motifs is 3. The van der Waals surface area contributed by atoms with Crippen molar-refractivity contribution in [2.75, 3.05) is 40.3 Å². The zero-order valence-electron chi connectivity index (χ0n) is 20.3. The largest absolute Gasteiger partial charge is 0.480 e. The normalized spacial score (nSPS) is 18.7. The van der Waals surface area contributed by atoms with E-state index in [1.54, 1.807) is 0 Å². The summed E-state index contributed by atoms with van der Waals surface area (Å²) in [6.07, 6.45) is 1.52. The molecule has 2 atom stereocenters. The van der Waals surface area contributed by atoms with E-state index in [4.69, 9.17) is 4.74 Å². The number of carbonyl (C=O) groups is 3. The lowest BCUT2D eigenvalue weighted by molar-refractivity contribution is -0.146. The minimum absolute atomic E-state index is 0.0359. The molecule has 8 heteroatoms. The van der Waals surface area contributed by atoms with Crippen molar-refractivity contribution in [1.29, 1.82) is 0 Å². The summed E-state index contributed by atoms with van der Waals surface area (Å²) in [6, 6.07) is 15.9. The van der Waals surface area contributed by atoms with Gasteiger partial charge >= 0.3 is 12.1 Å². The zero-order valence-corrected chi connectivity index (χ0v) is 20.3. The standard InChI is InChI=1S/C27H33N3O5/c1-29(2)14-15-30(16-25(31)32)26(33)22-12-7-13-24(22)28-27(34)35-17-23-20-10-5-3-8-18(20)19-9-4-6-11-21(19)23/h3-6,8-11,22-24H,7,12-17H2,1-2H3,(H,28,34)(H,31,32)/t22-,24+/m1/s1. The van der Waals surface area contributed by atoms with Crippen LogP contribution in [0.3, 0.4) is 0 Å². The van der Waals surface area contributed by atoms with Gasteiger partial charge in [-0.05, 0) is 49.2 Å². The molecule has 8 nitrogen and oxygen atoms in total. The van der Waals surface area contributed by atoms with Crippen molar-refractivity contribution in [2.45, 2.75) is 31.2 Å². The topological polar surface area (TPSA) is 99.2 Å². The Morgan fingerprint density at radius 2 is 1.60 bits per heavy atom. The first-order valence-electron chi connectivity index (χ1n) is 12.1. The van der Waals surface area contributed by atoms with Crippen molar-refractivity contribution in [2.24, 2.45) is 5.92 Å². The van der Waals surface area contributed by atoms with E-state index in [0.29, 0.717) is 25.9 Å². The van der Waals surface area contributed by atoms with Gasteiger partial charge in [-0.15, -0.1) is 0 Å². The molecule has 2 N–H and O–H groups in total. The number of hydrogen-bond acceptors (Lipinski definition) is 5. The van der Waals surface area contributed by atoms with Gasteiger partial charge in [0.2, 0.25) is 5.91 Å². The minimum atomic E-state index is -1.05. The van der Waals surface area contributed by atoms with Crippen LogP contribution >= 0.6 is 0 Å². The van der Waals surface area contributed by atoms with Crippen molar-refractivity contribution in [1.82, 2.24) is 15.1 Å². The van der Waals surface area contributed by atoms with Crippen LogP contribution in [0.1, 0.15) is 36.3 Å². The van der Waals surface area contributed by atoms with Crippen LogP contribution in [0.15, 0.2) is 48.5 Å². The molecule has 186 valence electrons. The Bertz CT molecular complexity index is 1040. The highest BCUT2D eigenvalue weighted by Crippen LogP contribution is 2.44. The van der Waals surface area contributed by atoms with Crippen molar-refractivity contribution >= 4 is 18.0 Å². The number of carboxylic acids is 1. The van der Waals surface area contributed by atoms with E-state index in [0.717, 1.165) is 28.7 Å². The molecule has 2 amide bonds. The van der Waals surface area contributed by atoms with Gasteiger partial charge in [-0.2, -0.15) is 0 Å². The Morgan fingerprint density at radius 1 is 0.971 bits per heavy atom. The molecule has 0 aliphatic heterocycles. The number of carboxylic acid groups (broad SMARTS) is 1. The Balaban J connectivity index is 1.38. The van der Waals surface area contributed by atoms with Crippen molar-refractivity contribution < 1.29 is 24.2 Å². The van der Waals surface area contributed by atoms with Crippen molar-refractivity contribution in [3.8, 4) is 11.1 Å². The zero-order chi connectivity index (χ0) is 24.9. The number of likely N-dealkylation sites (N-methyl/N-ethyl adjacent to an activating group) is 1. The first-order valence-corrected chi connectivity index (χ1v) is 12.1. The lowest BCUT2D eigenvalue weighted by atomic mass is 9.98. The van der Waals surface area contributed by atoms with Crippen LogP contribution < -0.4 is 5.32 Å². The smallest absolute Gasteiger partial charge is 0.407 e. The molecule has 2 aromatic rings. The summed E-state index contributed by atoms with van der Waals surface area (Å²) in [5.74, 6) is -1.75. The molecule has 4 rings (SSSR count). The van der Waals surface area contributed by atoms with Gasteiger partial charge in [-0.25, -0.2) is 4.79 Å². The number of carbonyl (C=O) groups excluding carboxylic acids is 2. The lowest BCUT2D eigenvalue weighted by Gasteiger charge is -2.28. The fourth-order valence-electron chi connectivity index (χ4n) is 5.21. The lowest BCUT2D eigenvalue weighted by Crippen LogP contribution is -2.48. The van der Waals surface area contributed by atoms with Gasteiger partial charge in [0, 0.05) is 25.0 Å². The molecule has 0 aromatic heterocycles. The van der Waals surface area contributed by atoms with Gasteiger partial charge in [0.25, 0.3) is 0 Å². The number of amides is 2. The highest BCUT2D eigenvalue weighted by atomic mass is 16.5. The summed E-state index contributed by atoms with van der Waals surface area (Å²) in [4.78, 5) is 40.5. The number of rotatable bonds is 9. The minimum Gasteiger partial charge on any atom is -0.480 e. The molecular formula is C27H33N3O5. The highest BCUT2D eigenvalue weighted by Gasteiger charge is 2.37. The van der Waals surface area contributed by atoms with E-state index < -0.39 is 18.0 Å². The van der Waals surface area contributed by atoms with E-state index >= 15 is 0 Å². The summed E-state index contributed by atoms with van der Waals surface area (Å²) < 4.78 is 5.66. The quantitative estimate of drug-likeness (QED) is 0.573. The summed E-state index contributed by atoms with van der Waals surface area (Å²) in [7, 11) is 3.75. The number of nitrogens with zero attached hydrogens (tertiary/aromatic N) is 2. The molecule has 2 aromatic carbocycles. The number of hydrogen-bond donors (Lipinski definition) is 2. The summed E-state index contributed by atoms with van der Waals surface area (Å²) in [5.41, 5.74) is 4.60. The van der Waals surface area contributed by atoms with Crippen LogP contribution in [0, 0.1) is 5.92 Å². The van der Waals surface area contributed by atoms with Gasteiger partial charge in [-0.1, -0.05) is 55.0 Å². The molecular weight excluding hydrogens is 446 g/mol. The second-order valence-electron chi connectivity index (χ2n) is 9.57. The predicted molar refractivity (Wildman–Crippen MR) is 132 cm³/mol. The SMILES string of the molecule is CN(C)CCN(CC(=O)O)C(=O)[C@@H]1CCC[C@@H]1NC(=O)OCC1c2ccccc2-c2ccccc21. The maximum absolute atomic E-state index is 13.2.